The van der Waals surface area contributed by atoms with E-state index >= 15 is 0 Å². The molecule has 0 aromatic heterocycles. The van der Waals surface area contributed by atoms with E-state index in [1.165, 1.54) is 0 Å². The maximum absolute atomic E-state index is 11.0. The highest BCUT2D eigenvalue weighted by Gasteiger charge is 2.06. The summed E-state index contributed by atoms with van der Waals surface area (Å²) in [4.78, 5) is 11.0. The Kier molecular flexibility index (Phi) is 5.32. The largest absolute Gasteiger partial charge is 0.388 e. The van der Waals surface area contributed by atoms with Crippen LogP contribution in [0, 0.1) is 22.7 Å². The van der Waals surface area contributed by atoms with E-state index in [0.29, 0.717) is 6.54 Å². The molecule has 0 saturated carbocycles. The first-order valence-corrected chi connectivity index (χ1v) is 4.00. The number of allylic oxidation sites excluding steroid dienone is 2. The third kappa shape index (κ3) is 3.98. The number of carbonyl (C=O) groups is 1. The second-order valence-electron chi connectivity index (χ2n) is 2.39. The van der Waals surface area contributed by atoms with Crippen LogP contribution < -0.4 is 16.4 Å². The molecular formula is C8H11N5O. The first-order chi connectivity index (χ1) is 6.65. The number of amides is 2. The summed E-state index contributed by atoms with van der Waals surface area (Å²) in [6.45, 7) is 2.39. The molecule has 0 atom stereocenters. The summed E-state index contributed by atoms with van der Waals surface area (Å²) in [6, 6.07) is 2.65. The van der Waals surface area contributed by atoms with Crippen molar-refractivity contribution in [3.63, 3.8) is 0 Å². The molecule has 2 amide bonds. The molecule has 0 aliphatic carbocycles. The first-order valence-electron chi connectivity index (χ1n) is 4.00. The average molecular weight is 193 g/mol. The number of carbonyl (C=O) groups excluding carboxylic acids is 1. The number of nitrogens with two attached hydrogens (primary N) is 1. The lowest BCUT2D eigenvalue weighted by Gasteiger charge is -2.04. The summed E-state index contributed by atoms with van der Waals surface area (Å²) in [5, 5.41) is 21.5. The number of nitriles is 2. The van der Waals surface area contributed by atoms with Gasteiger partial charge in [-0.1, -0.05) is 6.92 Å². The topological polar surface area (TPSA) is 115 Å². The second-order valence-corrected chi connectivity index (χ2v) is 2.39. The van der Waals surface area contributed by atoms with Crippen LogP contribution in [0.25, 0.3) is 0 Å². The van der Waals surface area contributed by atoms with E-state index in [9.17, 15) is 4.79 Å². The van der Waals surface area contributed by atoms with E-state index < -0.39 is 6.03 Å². The Morgan fingerprint density at radius 1 is 1.43 bits per heavy atom. The SMILES string of the molecule is CCCNC(=O)N/C(C#N)=C(/N)C#N. The van der Waals surface area contributed by atoms with Crippen molar-refractivity contribution in [1.82, 2.24) is 10.6 Å². The third-order valence-electron chi connectivity index (χ3n) is 1.28. The normalized spacial score (nSPS) is 10.5. The fourth-order valence-electron chi connectivity index (χ4n) is 0.608. The Morgan fingerprint density at radius 2 is 2.07 bits per heavy atom. The Morgan fingerprint density at radius 3 is 2.50 bits per heavy atom. The van der Waals surface area contributed by atoms with Crippen LogP contribution in [0.2, 0.25) is 0 Å². The number of nitrogens with zero attached hydrogens (tertiary/aromatic N) is 2. The van der Waals surface area contributed by atoms with Crippen LogP contribution in [0.4, 0.5) is 4.79 Å². The molecule has 0 rings (SSSR count). The highest BCUT2D eigenvalue weighted by Crippen LogP contribution is 1.90. The van der Waals surface area contributed by atoms with E-state index in [4.69, 9.17) is 16.3 Å². The lowest BCUT2D eigenvalue weighted by atomic mass is 10.4. The molecule has 14 heavy (non-hydrogen) atoms. The van der Waals surface area contributed by atoms with Crippen molar-refractivity contribution in [2.75, 3.05) is 6.54 Å². The molecule has 0 aromatic rings. The molecule has 0 saturated heterocycles. The average Bonchev–Trinajstić information content (AvgIpc) is 2.21. The molecule has 74 valence electrons. The van der Waals surface area contributed by atoms with Gasteiger partial charge in [-0.25, -0.2) is 4.79 Å². The minimum atomic E-state index is -0.540. The van der Waals surface area contributed by atoms with Crippen LogP contribution in [-0.2, 0) is 0 Å². The number of hydrogen-bond donors (Lipinski definition) is 3. The molecule has 0 fully saturated rings. The lowest BCUT2D eigenvalue weighted by molar-refractivity contribution is 0.243. The number of hydrogen-bond acceptors (Lipinski definition) is 4. The number of urea groups is 1. The van der Waals surface area contributed by atoms with E-state index in [1.54, 1.807) is 12.1 Å². The van der Waals surface area contributed by atoms with Crippen LogP contribution in [0.3, 0.4) is 0 Å². The summed E-state index contributed by atoms with van der Waals surface area (Å²) in [7, 11) is 0. The van der Waals surface area contributed by atoms with Gasteiger partial charge in [-0.3, -0.25) is 5.32 Å². The van der Waals surface area contributed by atoms with Gasteiger partial charge in [-0.2, -0.15) is 10.5 Å². The summed E-state index contributed by atoms with van der Waals surface area (Å²) in [5.41, 5.74) is 4.62. The van der Waals surface area contributed by atoms with Crippen LogP contribution in [0.15, 0.2) is 11.4 Å². The maximum atomic E-state index is 11.0. The van der Waals surface area contributed by atoms with E-state index in [2.05, 4.69) is 10.6 Å². The van der Waals surface area contributed by atoms with Gasteiger partial charge in [0.15, 0.2) is 5.70 Å². The van der Waals surface area contributed by atoms with Crippen LogP contribution in [-0.4, -0.2) is 12.6 Å². The molecule has 0 heterocycles. The zero-order valence-corrected chi connectivity index (χ0v) is 7.79. The van der Waals surface area contributed by atoms with Gasteiger partial charge in [0.2, 0.25) is 0 Å². The molecule has 6 nitrogen and oxygen atoms in total. The zero-order chi connectivity index (χ0) is 11.0. The smallest absolute Gasteiger partial charge is 0.319 e. The molecule has 0 unspecified atom stereocenters. The van der Waals surface area contributed by atoms with Gasteiger partial charge in [0, 0.05) is 6.54 Å². The number of rotatable bonds is 3. The second kappa shape index (κ2) is 6.32. The first kappa shape index (κ1) is 11.8. The molecule has 0 spiro atoms. The van der Waals surface area contributed by atoms with E-state index in [0.717, 1.165) is 6.42 Å². The van der Waals surface area contributed by atoms with Crippen molar-refractivity contribution < 1.29 is 4.79 Å². The lowest BCUT2D eigenvalue weighted by Crippen LogP contribution is -2.36. The third-order valence-corrected chi connectivity index (χ3v) is 1.28. The molecule has 0 aliphatic rings. The zero-order valence-electron chi connectivity index (χ0n) is 7.79. The van der Waals surface area contributed by atoms with Crippen molar-refractivity contribution in [3.05, 3.63) is 11.4 Å². The minimum absolute atomic E-state index is 0.235. The predicted octanol–water partition coefficient (Wildman–Crippen LogP) is -0.0869. The Balaban J connectivity index is 4.31. The monoisotopic (exact) mass is 193 g/mol. The Hall–Kier alpha value is -2.21. The molecule has 4 N–H and O–H groups in total. The van der Waals surface area contributed by atoms with Gasteiger partial charge in [-0.05, 0) is 6.42 Å². The van der Waals surface area contributed by atoms with Gasteiger partial charge in [-0.15, -0.1) is 0 Å². The fraction of sp³-hybridized carbons (Fsp3) is 0.375. The molecule has 0 aliphatic heterocycles. The summed E-state index contributed by atoms with van der Waals surface area (Å²) in [5.74, 6) is 0. The van der Waals surface area contributed by atoms with E-state index in [-0.39, 0.29) is 11.4 Å². The van der Waals surface area contributed by atoms with Gasteiger partial charge in [0.1, 0.15) is 17.8 Å². The summed E-state index contributed by atoms with van der Waals surface area (Å²) in [6.07, 6.45) is 0.784. The van der Waals surface area contributed by atoms with Crippen molar-refractivity contribution in [1.29, 1.82) is 10.5 Å². The van der Waals surface area contributed by atoms with Gasteiger partial charge < -0.3 is 11.1 Å². The molecule has 0 radical (unpaired) electrons. The van der Waals surface area contributed by atoms with E-state index in [1.807, 2.05) is 6.92 Å². The minimum Gasteiger partial charge on any atom is -0.388 e. The molecule has 0 bridgehead atoms. The Labute approximate surface area is 82.0 Å². The van der Waals surface area contributed by atoms with Crippen molar-refractivity contribution in [2.24, 2.45) is 5.73 Å². The molecule has 6 heteroatoms. The highest BCUT2D eigenvalue weighted by atomic mass is 16.2. The summed E-state index contributed by atoms with van der Waals surface area (Å²) >= 11 is 0. The van der Waals surface area contributed by atoms with Gasteiger partial charge >= 0.3 is 6.03 Å². The highest BCUT2D eigenvalue weighted by molar-refractivity contribution is 5.77. The van der Waals surface area contributed by atoms with Crippen molar-refractivity contribution >= 4 is 6.03 Å². The molecule has 0 aromatic carbocycles. The van der Waals surface area contributed by atoms with Gasteiger partial charge in [0.05, 0.1) is 0 Å². The summed E-state index contributed by atoms with van der Waals surface area (Å²) < 4.78 is 0. The van der Waals surface area contributed by atoms with Crippen molar-refractivity contribution in [2.45, 2.75) is 13.3 Å². The van der Waals surface area contributed by atoms with Crippen LogP contribution in [0.5, 0.6) is 0 Å². The van der Waals surface area contributed by atoms with Crippen LogP contribution >= 0.6 is 0 Å². The fourth-order valence-corrected chi connectivity index (χ4v) is 0.608. The molecular weight excluding hydrogens is 182 g/mol. The van der Waals surface area contributed by atoms with Crippen molar-refractivity contribution in [3.8, 4) is 12.1 Å². The van der Waals surface area contributed by atoms with Gasteiger partial charge in [0.25, 0.3) is 0 Å². The standard InChI is InChI=1S/C8H11N5O/c1-2-3-12-8(14)13-7(5-10)6(11)4-9/h2-3,11H2,1H3,(H2,12,13,14)/b7-6+. The Bertz CT molecular complexity index is 320. The quantitative estimate of drug-likeness (QED) is 0.543. The van der Waals surface area contributed by atoms with Crippen LogP contribution in [0.1, 0.15) is 13.3 Å². The predicted molar refractivity (Wildman–Crippen MR) is 49.3 cm³/mol. The number of nitrogens with one attached hydrogen (secondary N) is 2. The maximum Gasteiger partial charge on any atom is 0.319 e.